The Labute approximate surface area is 199 Å². The van der Waals surface area contributed by atoms with Crippen molar-refractivity contribution in [3.05, 3.63) is 88.9 Å². The maximum absolute atomic E-state index is 13.5. The summed E-state index contributed by atoms with van der Waals surface area (Å²) >= 11 is 5.74. The lowest BCUT2D eigenvalue weighted by atomic mass is 10.0. The Kier molecular flexibility index (Phi) is 6.79. The molecular formula is C25H21ClF3N3O2. The molecule has 1 atom stereocenters. The fraction of sp³-hybridized carbons (Fsp3) is 0.200. The third-order valence-electron chi connectivity index (χ3n) is 5.50. The van der Waals surface area contributed by atoms with Gasteiger partial charge in [-0.2, -0.15) is 13.2 Å². The standard InChI is InChI=1S/C25H21ClF3N3O2/c26-17-8-13-21(20(15-17)25(27,28)29)31-24(34)23(16-5-2-1-3-6-16)30-18-9-11-19(12-10-18)32-14-4-7-22(32)33/h1-3,5-6,8-13,15,23,30H,4,7,14H2,(H,31,34). The number of anilines is 3. The van der Waals surface area contributed by atoms with Gasteiger partial charge in [0.2, 0.25) is 5.91 Å². The zero-order valence-electron chi connectivity index (χ0n) is 17.9. The second-order valence-electron chi connectivity index (χ2n) is 7.86. The molecule has 4 rings (SSSR count). The van der Waals surface area contributed by atoms with Gasteiger partial charge in [0.15, 0.2) is 0 Å². The number of nitrogens with one attached hydrogen (secondary N) is 2. The molecule has 1 unspecified atom stereocenters. The molecule has 0 saturated carbocycles. The molecule has 1 aliphatic heterocycles. The Bertz CT molecular complexity index is 1180. The monoisotopic (exact) mass is 487 g/mol. The highest BCUT2D eigenvalue weighted by atomic mass is 35.5. The van der Waals surface area contributed by atoms with Crippen LogP contribution in [-0.2, 0) is 15.8 Å². The number of rotatable bonds is 6. The lowest BCUT2D eigenvalue weighted by Crippen LogP contribution is -2.28. The molecular weight excluding hydrogens is 467 g/mol. The van der Waals surface area contributed by atoms with Crippen molar-refractivity contribution in [2.24, 2.45) is 0 Å². The van der Waals surface area contributed by atoms with Crippen molar-refractivity contribution < 1.29 is 22.8 Å². The smallest absolute Gasteiger partial charge is 0.370 e. The van der Waals surface area contributed by atoms with Crippen molar-refractivity contribution in [2.75, 3.05) is 22.1 Å². The second kappa shape index (κ2) is 9.77. The first-order valence-electron chi connectivity index (χ1n) is 10.6. The average Bonchev–Trinajstić information content (AvgIpc) is 3.24. The third kappa shape index (κ3) is 5.34. The van der Waals surface area contributed by atoms with Gasteiger partial charge in [-0.25, -0.2) is 0 Å². The number of hydrogen-bond donors (Lipinski definition) is 2. The van der Waals surface area contributed by atoms with Crippen LogP contribution in [0, 0.1) is 0 Å². The fourth-order valence-corrected chi connectivity index (χ4v) is 4.01. The number of alkyl halides is 3. The molecule has 34 heavy (non-hydrogen) atoms. The van der Waals surface area contributed by atoms with Crippen LogP contribution in [0.5, 0.6) is 0 Å². The first-order chi connectivity index (χ1) is 16.2. The summed E-state index contributed by atoms with van der Waals surface area (Å²) in [5.41, 5.74) is 0.491. The van der Waals surface area contributed by atoms with Gasteiger partial charge >= 0.3 is 6.18 Å². The fourth-order valence-electron chi connectivity index (χ4n) is 3.84. The molecule has 1 saturated heterocycles. The first kappa shape index (κ1) is 23.6. The topological polar surface area (TPSA) is 61.4 Å². The molecule has 9 heteroatoms. The number of amides is 2. The van der Waals surface area contributed by atoms with E-state index in [1.807, 2.05) is 0 Å². The van der Waals surface area contributed by atoms with Crippen LogP contribution in [-0.4, -0.2) is 18.4 Å². The van der Waals surface area contributed by atoms with Gasteiger partial charge in [0.25, 0.3) is 5.91 Å². The van der Waals surface area contributed by atoms with E-state index in [1.165, 1.54) is 6.07 Å². The minimum atomic E-state index is -4.69. The van der Waals surface area contributed by atoms with Gasteiger partial charge in [0.05, 0.1) is 11.3 Å². The molecule has 2 N–H and O–H groups in total. The summed E-state index contributed by atoms with van der Waals surface area (Å²) in [6, 6.07) is 17.9. The Morgan fingerprint density at radius 2 is 1.71 bits per heavy atom. The molecule has 3 aromatic rings. The highest BCUT2D eigenvalue weighted by Gasteiger charge is 2.35. The minimum absolute atomic E-state index is 0.0608. The van der Waals surface area contributed by atoms with E-state index in [2.05, 4.69) is 10.6 Å². The molecule has 5 nitrogen and oxygen atoms in total. The Balaban J connectivity index is 1.59. The molecule has 1 heterocycles. The molecule has 0 aromatic heterocycles. The Hall–Kier alpha value is -3.52. The number of hydrogen-bond acceptors (Lipinski definition) is 3. The lowest BCUT2D eigenvalue weighted by Gasteiger charge is -2.22. The summed E-state index contributed by atoms with van der Waals surface area (Å²) < 4.78 is 40.5. The quantitative estimate of drug-likeness (QED) is 0.430. The predicted molar refractivity (Wildman–Crippen MR) is 126 cm³/mol. The van der Waals surface area contributed by atoms with Crippen LogP contribution < -0.4 is 15.5 Å². The van der Waals surface area contributed by atoms with Crippen LogP contribution in [0.25, 0.3) is 0 Å². The van der Waals surface area contributed by atoms with Crippen molar-refractivity contribution in [1.29, 1.82) is 0 Å². The van der Waals surface area contributed by atoms with Gasteiger partial charge in [0, 0.05) is 29.4 Å². The summed E-state index contributed by atoms with van der Waals surface area (Å²) in [6.45, 7) is 0.656. The molecule has 176 valence electrons. The van der Waals surface area contributed by atoms with Crippen LogP contribution in [0.1, 0.15) is 30.0 Å². The lowest BCUT2D eigenvalue weighted by molar-refractivity contribution is -0.137. The zero-order chi connectivity index (χ0) is 24.3. The van der Waals surface area contributed by atoms with Crippen LogP contribution in [0.2, 0.25) is 5.02 Å². The highest BCUT2D eigenvalue weighted by Crippen LogP contribution is 2.37. The zero-order valence-corrected chi connectivity index (χ0v) is 18.7. The van der Waals surface area contributed by atoms with Gasteiger partial charge < -0.3 is 15.5 Å². The summed E-state index contributed by atoms with van der Waals surface area (Å²) in [6.07, 6.45) is -3.37. The van der Waals surface area contributed by atoms with E-state index in [9.17, 15) is 22.8 Å². The average molecular weight is 488 g/mol. The first-order valence-corrected chi connectivity index (χ1v) is 11.0. The normalized spacial score (nSPS) is 14.7. The number of carbonyl (C=O) groups excluding carboxylic acids is 2. The van der Waals surface area contributed by atoms with E-state index in [1.54, 1.807) is 59.5 Å². The van der Waals surface area contributed by atoms with Crippen LogP contribution in [0.3, 0.4) is 0 Å². The van der Waals surface area contributed by atoms with E-state index in [0.717, 1.165) is 24.2 Å². The van der Waals surface area contributed by atoms with Crippen molar-refractivity contribution >= 4 is 40.5 Å². The molecule has 1 fully saturated rings. The van der Waals surface area contributed by atoms with E-state index in [0.29, 0.717) is 24.2 Å². The van der Waals surface area contributed by atoms with Gasteiger partial charge in [-0.1, -0.05) is 41.9 Å². The molecule has 0 aliphatic carbocycles. The van der Waals surface area contributed by atoms with Gasteiger partial charge in [-0.3, -0.25) is 9.59 Å². The number of benzene rings is 3. The number of nitrogens with zero attached hydrogens (tertiary/aromatic N) is 1. The summed E-state index contributed by atoms with van der Waals surface area (Å²) in [7, 11) is 0. The number of carbonyl (C=O) groups is 2. The molecule has 0 spiro atoms. The number of halogens is 4. The predicted octanol–water partition coefficient (Wildman–Crippen LogP) is 6.28. The maximum Gasteiger partial charge on any atom is 0.418 e. The summed E-state index contributed by atoms with van der Waals surface area (Å²) in [4.78, 5) is 26.8. The largest absolute Gasteiger partial charge is 0.418 e. The minimum Gasteiger partial charge on any atom is -0.370 e. The van der Waals surface area contributed by atoms with E-state index >= 15 is 0 Å². The van der Waals surface area contributed by atoms with Crippen LogP contribution >= 0.6 is 11.6 Å². The summed E-state index contributed by atoms with van der Waals surface area (Å²) in [5.74, 6) is -0.608. The van der Waals surface area contributed by atoms with Crippen molar-refractivity contribution in [2.45, 2.75) is 25.1 Å². The molecule has 0 bridgehead atoms. The van der Waals surface area contributed by atoms with E-state index in [4.69, 9.17) is 11.6 Å². The molecule has 3 aromatic carbocycles. The van der Waals surface area contributed by atoms with Gasteiger partial charge in [-0.15, -0.1) is 0 Å². The molecule has 2 amide bonds. The van der Waals surface area contributed by atoms with Gasteiger partial charge in [0.1, 0.15) is 6.04 Å². The van der Waals surface area contributed by atoms with Crippen LogP contribution in [0.15, 0.2) is 72.8 Å². The van der Waals surface area contributed by atoms with Crippen molar-refractivity contribution in [3.8, 4) is 0 Å². The highest BCUT2D eigenvalue weighted by molar-refractivity contribution is 6.30. The SMILES string of the molecule is O=C(Nc1ccc(Cl)cc1C(F)(F)F)C(Nc1ccc(N2CCCC2=O)cc1)c1ccccc1. The van der Waals surface area contributed by atoms with Crippen molar-refractivity contribution in [3.63, 3.8) is 0 Å². The van der Waals surface area contributed by atoms with Crippen molar-refractivity contribution in [1.82, 2.24) is 0 Å². The second-order valence-corrected chi connectivity index (χ2v) is 8.30. The van der Waals surface area contributed by atoms with Crippen LogP contribution in [0.4, 0.5) is 30.2 Å². The molecule has 0 radical (unpaired) electrons. The Morgan fingerprint density at radius 1 is 1.00 bits per heavy atom. The summed E-state index contributed by atoms with van der Waals surface area (Å²) in [5, 5.41) is 5.40. The molecule has 1 aliphatic rings. The third-order valence-corrected chi connectivity index (χ3v) is 5.74. The van der Waals surface area contributed by atoms with Gasteiger partial charge in [-0.05, 0) is 54.4 Å². The van der Waals surface area contributed by atoms with E-state index < -0.39 is 23.7 Å². The Morgan fingerprint density at radius 3 is 2.32 bits per heavy atom. The van der Waals surface area contributed by atoms with E-state index in [-0.39, 0.29) is 16.6 Å². The maximum atomic E-state index is 13.5.